The van der Waals surface area contributed by atoms with Gasteiger partial charge >= 0.3 is 0 Å². The molecule has 2 aliphatic heterocycles. The molecule has 3 rings (SSSR count). The van der Waals surface area contributed by atoms with Crippen molar-refractivity contribution in [3.63, 3.8) is 0 Å². The van der Waals surface area contributed by atoms with Crippen molar-refractivity contribution in [2.24, 2.45) is 0 Å². The van der Waals surface area contributed by atoms with Crippen molar-refractivity contribution >= 4 is 0 Å². The first kappa shape index (κ1) is 14.8. The summed E-state index contributed by atoms with van der Waals surface area (Å²) in [4.78, 5) is 5.44. The minimum atomic E-state index is 0.435. The normalized spacial score (nSPS) is 38.5. The zero-order valence-electron chi connectivity index (χ0n) is 13.1. The third-order valence-electron chi connectivity index (χ3n) is 5.70. The Morgan fingerprint density at radius 3 is 2.50 bits per heavy atom. The Morgan fingerprint density at radius 1 is 1.00 bits per heavy atom. The second kappa shape index (κ2) is 6.73. The summed E-state index contributed by atoms with van der Waals surface area (Å²) in [5, 5.41) is 3.52. The summed E-state index contributed by atoms with van der Waals surface area (Å²) < 4.78 is 5.51. The SMILES string of the molecule is CC1(N2CCOCC2)CCC(N2CCCNCC2)CC1. The maximum Gasteiger partial charge on any atom is 0.0594 e. The van der Waals surface area contributed by atoms with Crippen molar-refractivity contribution in [3.8, 4) is 0 Å². The molecule has 0 amide bonds. The Hall–Kier alpha value is -0.160. The third kappa shape index (κ3) is 3.35. The lowest BCUT2D eigenvalue weighted by Gasteiger charge is -2.48. The van der Waals surface area contributed by atoms with Crippen LogP contribution in [0, 0.1) is 0 Å². The smallest absolute Gasteiger partial charge is 0.0594 e. The van der Waals surface area contributed by atoms with Gasteiger partial charge in [-0.3, -0.25) is 9.80 Å². The van der Waals surface area contributed by atoms with Crippen LogP contribution in [0.4, 0.5) is 0 Å². The standard InChI is InChI=1S/C16H31N3O/c1-16(19-11-13-20-14-12-19)5-3-15(4-6-16)18-9-2-7-17-8-10-18/h15,17H,2-14H2,1H3. The van der Waals surface area contributed by atoms with Crippen molar-refractivity contribution in [2.45, 2.75) is 50.6 Å². The zero-order chi connectivity index (χ0) is 13.8. The number of ether oxygens (including phenoxy) is 1. The molecule has 0 aromatic heterocycles. The quantitative estimate of drug-likeness (QED) is 0.826. The predicted octanol–water partition coefficient (Wildman–Crippen LogP) is 1.32. The maximum absolute atomic E-state index is 5.51. The fourth-order valence-electron chi connectivity index (χ4n) is 4.24. The van der Waals surface area contributed by atoms with E-state index in [0.717, 1.165) is 32.3 Å². The highest BCUT2D eigenvalue weighted by atomic mass is 16.5. The highest BCUT2D eigenvalue weighted by molar-refractivity contribution is 4.94. The van der Waals surface area contributed by atoms with E-state index in [1.165, 1.54) is 58.3 Å². The molecule has 2 saturated heterocycles. The van der Waals surface area contributed by atoms with Crippen LogP contribution in [0.25, 0.3) is 0 Å². The van der Waals surface area contributed by atoms with Gasteiger partial charge in [0.15, 0.2) is 0 Å². The Kier molecular flexibility index (Phi) is 4.97. The van der Waals surface area contributed by atoms with E-state index in [1.54, 1.807) is 0 Å². The summed E-state index contributed by atoms with van der Waals surface area (Å²) in [6.07, 6.45) is 6.81. The predicted molar refractivity (Wildman–Crippen MR) is 82.1 cm³/mol. The average molecular weight is 281 g/mol. The molecule has 0 atom stereocenters. The Bertz CT molecular complexity index is 288. The molecule has 3 aliphatic rings. The van der Waals surface area contributed by atoms with Crippen LogP contribution >= 0.6 is 0 Å². The molecular weight excluding hydrogens is 250 g/mol. The second-order valence-corrected chi connectivity index (χ2v) is 6.97. The monoisotopic (exact) mass is 281 g/mol. The topological polar surface area (TPSA) is 27.7 Å². The molecule has 0 aromatic carbocycles. The van der Waals surface area contributed by atoms with Gasteiger partial charge in [-0.2, -0.15) is 0 Å². The van der Waals surface area contributed by atoms with Crippen molar-refractivity contribution in [3.05, 3.63) is 0 Å². The number of morpholine rings is 1. The van der Waals surface area contributed by atoms with Gasteiger partial charge in [-0.1, -0.05) is 0 Å². The second-order valence-electron chi connectivity index (χ2n) is 6.97. The molecule has 3 fully saturated rings. The van der Waals surface area contributed by atoms with Crippen LogP contribution in [0.5, 0.6) is 0 Å². The summed E-state index contributed by atoms with van der Waals surface area (Å²) in [6.45, 7) is 11.5. The summed E-state index contributed by atoms with van der Waals surface area (Å²) in [6, 6.07) is 0.837. The minimum absolute atomic E-state index is 0.435. The van der Waals surface area contributed by atoms with E-state index in [9.17, 15) is 0 Å². The summed E-state index contributed by atoms with van der Waals surface area (Å²) in [5.41, 5.74) is 0.435. The fraction of sp³-hybridized carbons (Fsp3) is 1.00. The zero-order valence-corrected chi connectivity index (χ0v) is 13.1. The van der Waals surface area contributed by atoms with Gasteiger partial charge in [0.2, 0.25) is 0 Å². The largest absolute Gasteiger partial charge is 0.379 e. The van der Waals surface area contributed by atoms with E-state index < -0.39 is 0 Å². The number of nitrogens with zero attached hydrogens (tertiary/aromatic N) is 2. The summed E-state index contributed by atoms with van der Waals surface area (Å²) in [5.74, 6) is 0. The van der Waals surface area contributed by atoms with E-state index >= 15 is 0 Å². The highest BCUT2D eigenvalue weighted by Gasteiger charge is 2.38. The van der Waals surface area contributed by atoms with Crippen LogP contribution in [0.15, 0.2) is 0 Å². The van der Waals surface area contributed by atoms with Gasteiger partial charge in [0.1, 0.15) is 0 Å². The molecule has 4 nitrogen and oxygen atoms in total. The van der Waals surface area contributed by atoms with Crippen molar-refractivity contribution in [1.29, 1.82) is 0 Å². The van der Waals surface area contributed by atoms with E-state index in [-0.39, 0.29) is 0 Å². The number of rotatable bonds is 2. The van der Waals surface area contributed by atoms with Crippen molar-refractivity contribution in [1.82, 2.24) is 15.1 Å². The minimum Gasteiger partial charge on any atom is -0.379 e. The lowest BCUT2D eigenvalue weighted by Crippen LogP contribution is -2.55. The Morgan fingerprint density at radius 2 is 1.75 bits per heavy atom. The van der Waals surface area contributed by atoms with Gasteiger partial charge in [-0.25, -0.2) is 0 Å². The Balaban J connectivity index is 1.52. The lowest BCUT2D eigenvalue weighted by molar-refractivity contribution is -0.0387. The van der Waals surface area contributed by atoms with Crippen molar-refractivity contribution in [2.75, 3.05) is 52.5 Å². The van der Waals surface area contributed by atoms with E-state index in [2.05, 4.69) is 22.0 Å². The van der Waals surface area contributed by atoms with E-state index in [4.69, 9.17) is 4.74 Å². The average Bonchev–Trinajstić information content (AvgIpc) is 2.78. The third-order valence-corrected chi connectivity index (χ3v) is 5.70. The molecule has 0 spiro atoms. The molecule has 116 valence electrons. The molecule has 0 bridgehead atoms. The van der Waals surface area contributed by atoms with Crippen LogP contribution in [-0.2, 0) is 4.74 Å². The van der Waals surface area contributed by atoms with Crippen LogP contribution in [0.3, 0.4) is 0 Å². The number of nitrogens with one attached hydrogen (secondary N) is 1. The summed E-state index contributed by atoms with van der Waals surface area (Å²) >= 11 is 0. The van der Waals surface area contributed by atoms with Crippen LogP contribution in [0.1, 0.15) is 39.0 Å². The Labute approximate surface area is 123 Å². The van der Waals surface area contributed by atoms with Gasteiger partial charge in [0, 0.05) is 37.8 Å². The number of hydrogen-bond acceptors (Lipinski definition) is 4. The summed E-state index contributed by atoms with van der Waals surface area (Å²) in [7, 11) is 0. The fourth-order valence-corrected chi connectivity index (χ4v) is 4.24. The molecule has 20 heavy (non-hydrogen) atoms. The van der Waals surface area contributed by atoms with Crippen molar-refractivity contribution < 1.29 is 4.74 Å². The molecule has 2 heterocycles. The molecule has 0 unspecified atom stereocenters. The van der Waals surface area contributed by atoms with Gasteiger partial charge in [-0.05, 0) is 52.1 Å². The van der Waals surface area contributed by atoms with Crippen LogP contribution in [-0.4, -0.2) is 73.9 Å². The highest BCUT2D eigenvalue weighted by Crippen LogP contribution is 2.35. The molecule has 0 aromatic rings. The molecule has 0 radical (unpaired) electrons. The maximum atomic E-state index is 5.51. The van der Waals surface area contributed by atoms with Crippen LogP contribution in [0.2, 0.25) is 0 Å². The van der Waals surface area contributed by atoms with E-state index in [0.29, 0.717) is 5.54 Å². The van der Waals surface area contributed by atoms with Gasteiger partial charge in [-0.15, -0.1) is 0 Å². The van der Waals surface area contributed by atoms with Gasteiger partial charge < -0.3 is 10.1 Å². The molecule has 1 aliphatic carbocycles. The van der Waals surface area contributed by atoms with Gasteiger partial charge in [0.05, 0.1) is 13.2 Å². The lowest BCUT2D eigenvalue weighted by atomic mass is 9.78. The molecular formula is C16H31N3O. The van der Waals surface area contributed by atoms with E-state index in [1.807, 2.05) is 0 Å². The molecule has 1 N–H and O–H groups in total. The number of hydrogen-bond donors (Lipinski definition) is 1. The first-order valence-electron chi connectivity index (χ1n) is 8.55. The van der Waals surface area contributed by atoms with Crippen LogP contribution < -0.4 is 5.32 Å². The first-order valence-corrected chi connectivity index (χ1v) is 8.55. The van der Waals surface area contributed by atoms with Gasteiger partial charge in [0.25, 0.3) is 0 Å². The molecule has 4 heteroatoms. The first-order chi connectivity index (χ1) is 9.78. The molecule has 1 saturated carbocycles.